The predicted octanol–water partition coefficient (Wildman–Crippen LogP) is 3.51. The predicted molar refractivity (Wildman–Crippen MR) is 94.9 cm³/mol. The fourth-order valence-corrected chi connectivity index (χ4v) is 3.89. The second-order valence-corrected chi connectivity index (χ2v) is 7.36. The van der Waals surface area contributed by atoms with Gasteiger partial charge >= 0.3 is 5.97 Å². The Morgan fingerprint density at radius 1 is 1.27 bits per heavy atom. The van der Waals surface area contributed by atoms with Crippen molar-refractivity contribution < 1.29 is 13.9 Å². The van der Waals surface area contributed by atoms with Crippen molar-refractivity contribution in [1.82, 2.24) is 4.90 Å². The molecule has 1 atom stereocenters. The van der Waals surface area contributed by atoms with Crippen LogP contribution < -0.4 is 0 Å². The zero-order valence-electron chi connectivity index (χ0n) is 14.8. The molecule has 0 N–H and O–H groups in total. The van der Waals surface area contributed by atoms with E-state index in [1.807, 2.05) is 25.2 Å². The molecule has 0 aromatic heterocycles. The van der Waals surface area contributed by atoms with Crippen LogP contribution in [0, 0.1) is 23.1 Å². The molecule has 4 nitrogen and oxygen atoms in total. The smallest absolute Gasteiger partial charge is 0.339 e. The molecule has 5 heteroatoms. The van der Waals surface area contributed by atoms with E-state index in [1.165, 1.54) is 6.07 Å². The van der Waals surface area contributed by atoms with Crippen LogP contribution in [0.3, 0.4) is 0 Å². The van der Waals surface area contributed by atoms with Gasteiger partial charge in [-0.15, -0.1) is 0 Å². The Kier molecular flexibility index (Phi) is 3.82. The molecule has 132 valence electrons. The molecule has 0 aliphatic carbocycles. The van der Waals surface area contributed by atoms with E-state index >= 15 is 0 Å². The van der Waals surface area contributed by atoms with Crippen LogP contribution in [0.4, 0.5) is 4.39 Å². The van der Waals surface area contributed by atoms with E-state index in [2.05, 4.69) is 11.0 Å². The van der Waals surface area contributed by atoms with Crippen LogP contribution in [0.5, 0.6) is 0 Å². The Bertz CT molecular complexity index is 942. The van der Waals surface area contributed by atoms with Crippen molar-refractivity contribution in [3.05, 3.63) is 58.9 Å². The van der Waals surface area contributed by atoms with Gasteiger partial charge in [-0.3, -0.25) is 4.90 Å². The number of hydrogen-bond donors (Lipinski definition) is 0. The first kappa shape index (κ1) is 16.7. The summed E-state index contributed by atoms with van der Waals surface area (Å²) >= 11 is 0. The molecule has 0 amide bonds. The number of benzene rings is 2. The van der Waals surface area contributed by atoms with Gasteiger partial charge in [-0.1, -0.05) is 18.2 Å². The monoisotopic (exact) mass is 350 g/mol. The highest BCUT2D eigenvalue weighted by molar-refractivity contribution is 5.96. The summed E-state index contributed by atoms with van der Waals surface area (Å²) in [6.45, 7) is 3.13. The lowest BCUT2D eigenvalue weighted by Gasteiger charge is -2.44. The van der Waals surface area contributed by atoms with Crippen molar-refractivity contribution in [2.75, 3.05) is 20.1 Å². The number of likely N-dealkylation sites (tertiary alicyclic amines) is 1. The number of rotatable bonds is 3. The van der Waals surface area contributed by atoms with Crippen molar-refractivity contribution in [3.63, 3.8) is 0 Å². The molecule has 2 aliphatic rings. The number of likely N-dealkylation sites (N-methyl/N-ethyl adjacent to an activating group) is 1. The van der Waals surface area contributed by atoms with E-state index < -0.39 is 5.60 Å². The summed E-state index contributed by atoms with van der Waals surface area (Å²) < 4.78 is 20.1. The molecule has 0 unspecified atom stereocenters. The van der Waals surface area contributed by atoms with Gasteiger partial charge in [-0.25, -0.2) is 9.18 Å². The Labute approximate surface area is 151 Å². The number of carbonyl (C=O) groups excluding carboxylic acids is 1. The minimum absolute atomic E-state index is 0.228. The summed E-state index contributed by atoms with van der Waals surface area (Å²) in [5.41, 5.74) is 3.08. The number of nitrogens with zero attached hydrogens (tertiary/aromatic N) is 2. The van der Waals surface area contributed by atoms with E-state index in [0.717, 1.165) is 16.7 Å². The first-order valence-corrected chi connectivity index (χ1v) is 8.67. The number of nitriles is 1. The number of fused-ring (bicyclic) bond motifs is 2. The highest BCUT2D eigenvalue weighted by Crippen LogP contribution is 2.44. The Morgan fingerprint density at radius 2 is 1.96 bits per heavy atom. The van der Waals surface area contributed by atoms with Crippen LogP contribution in [0.1, 0.15) is 28.4 Å². The standard InChI is InChI=1S/C21H19FN2O2/c1-13(10-23)7-16-4-3-15(9-19(16)22)14-5-6-17-18(8-14)21(26-20(17)25)11-24(2)12-21/h3-6,8-9,13H,7,11-12H2,1-2H3/t13-/m0/s1. The van der Waals surface area contributed by atoms with E-state index in [4.69, 9.17) is 10.00 Å². The first-order valence-electron chi connectivity index (χ1n) is 8.67. The molecule has 2 heterocycles. The molecule has 0 bridgehead atoms. The third-order valence-electron chi connectivity index (χ3n) is 5.20. The highest BCUT2D eigenvalue weighted by atomic mass is 19.1. The molecular formula is C21H19FN2O2. The maximum Gasteiger partial charge on any atom is 0.339 e. The van der Waals surface area contributed by atoms with Gasteiger partial charge < -0.3 is 4.74 Å². The van der Waals surface area contributed by atoms with Gasteiger partial charge in [0.2, 0.25) is 0 Å². The second-order valence-electron chi connectivity index (χ2n) is 7.36. The lowest BCUT2D eigenvalue weighted by atomic mass is 9.84. The number of carbonyl (C=O) groups is 1. The van der Waals surface area contributed by atoms with Gasteiger partial charge in [0.15, 0.2) is 5.60 Å². The van der Waals surface area contributed by atoms with E-state index in [1.54, 1.807) is 19.1 Å². The van der Waals surface area contributed by atoms with E-state index in [9.17, 15) is 9.18 Å². The molecule has 1 fully saturated rings. The second kappa shape index (κ2) is 5.93. The van der Waals surface area contributed by atoms with Crippen molar-refractivity contribution in [2.45, 2.75) is 18.9 Å². The third kappa shape index (κ3) is 2.58. The molecule has 2 aromatic rings. The highest BCUT2D eigenvalue weighted by Gasteiger charge is 2.52. The minimum Gasteiger partial charge on any atom is -0.448 e. The van der Waals surface area contributed by atoms with Gasteiger partial charge in [-0.2, -0.15) is 5.26 Å². The Hall–Kier alpha value is -2.71. The fourth-order valence-electron chi connectivity index (χ4n) is 3.89. The molecule has 1 saturated heterocycles. The number of halogens is 1. The van der Waals surface area contributed by atoms with Gasteiger partial charge in [0.25, 0.3) is 0 Å². The quantitative estimate of drug-likeness (QED) is 0.795. The van der Waals surface area contributed by atoms with Crippen molar-refractivity contribution >= 4 is 5.97 Å². The summed E-state index contributed by atoms with van der Waals surface area (Å²) in [6, 6.07) is 12.8. The average Bonchev–Trinajstić information content (AvgIpc) is 2.88. The zero-order valence-corrected chi connectivity index (χ0v) is 14.8. The lowest BCUT2D eigenvalue weighted by molar-refractivity contribution is -0.0942. The topological polar surface area (TPSA) is 53.3 Å². The number of ether oxygens (including phenoxy) is 1. The molecule has 4 rings (SSSR count). The summed E-state index contributed by atoms with van der Waals surface area (Å²) in [4.78, 5) is 14.2. The van der Waals surface area contributed by atoms with Crippen LogP contribution in [-0.2, 0) is 16.8 Å². The lowest BCUT2D eigenvalue weighted by Crippen LogP contribution is -2.57. The van der Waals surface area contributed by atoms with Crippen LogP contribution in [0.25, 0.3) is 11.1 Å². The van der Waals surface area contributed by atoms with E-state index in [-0.39, 0.29) is 17.7 Å². The van der Waals surface area contributed by atoms with Crippen LogP contribution in [-0.4, -0.2) is 31.0 Å². The third-order valence-corrected chi connectivity index (χ3v) is 5.20. The summed E-state index contributed by atoms with van der Waals surface area (Å²) in [7, 11) is 1.98. The molecular weight excluding hydrogens is 331 g/mol. The van der Waals surface area contributed by atoms with Gasteiger partial charge in [0.1, 0.15) is 5.82 Å². The first-order chi connectivity index (χ1) is 12.4. The zero-order chi connectivity index (χ0) is 18.5. The molecule has 2 aliphatic heterocycles. The normalized spacial score (nSPS) is 18.8. The molecule has 1 spiro atoms. The molecule has 0 radical (unpaired) electrons. The van der Waals surface area contributed by atoms with Gasteiger partial charge in [-0.05, 0) is 55.3 Å². The van der Waals surface area contributed by atoms with Crippen molar-refractivity contribution in [3.8, 4) is 17.2 Å². The summed E-state index contributed by atoms with van der Waals surface area (Å²) in [5, 5.41) is 8.91. The molecule has 2 aromatic carbocycles. The van der Waals surface area contributed by atoms with Gasteiger partial charge in [0.05, 0.1) is 11.6 Å². The summed E-state index contributed by atoms with van der Waals surface area (Å²) in [5.74, 6) is -0.823. The Balaban J connectivity index is 1.69. The average molecular weight is 350 g/mol. The molecule has 0 saturated carbocycles. The summed E-state index contributed by atoms with van der Waals surface area (Å²) in [6.07, 6.45) is 0.393. The SMILES string of the molecule is C[C@H](C#N)Cc1ccc(-c2ccc3c(c2)C2(CN(C)C2)OC3=O)cc1F. The maximum atomic E-state index is 14.5. The Morgan fingerprint density at radius 3 is 2.62 bits per heavy atom. The molecule has 26 heavy (non-hydrogen) atoms. The van der Waals surface area contributed by atoms with Crippen LogP contribution in [0.15, 0.2) is 36.4 Å². The van der Waals surface area contributed by atoms with Crippen molar-refractivity contribution in [1.29, 1.82) is 5.26 Å². The maximum absolute atomic E-state index is 14.5. The minimum atomic E-state index is -0.558. The van der Waals surface area contributed by atoms with Crippen molar-refractivity contribution in [2.24, 2.45) is 5.92 Å². The number of hydrogen-bond acceptors (Lipinski definition) is 4. The fraction of sp³-hybridized carbons (Fsp3) is 0.333. The largest absolute Gasteiger partial charge is 0.448 e. The van der Waals surface area contributed by atoms with Crippen LogP contribution >= 0.6 is 0 Å². The number of esters is 1. The van der Waals surface area contributed by atoms with E-state index in [0.29, 0.717) is 30.6 Å². The van der Waals surface area contributed by atoms with Crippen LogP contribution in [0.2, 0.25) is 0 Å². The van der Waals surface area contributed by atoms with Gasteiger partial charge in [0, 0.05) is 24.6 Å².